The van der Waals surface area contributed by atoms with Crippen LogP contribution in [0.3, 0.4) is 0 Å². The Balaban J connectivity index is 3.44. The summed E-state index contributed by atoms with van der Waals surface area (Å²) in [5, 5.41) is 9.47. The van der Waals surface area contributed by atoms with E-state index < -0.39 is 6.10 Å². The summed E-state index contributed by atoms with van der Waals surface area (Å²) in [6.07, 6.45) is 30.9. The summed E-state index contributed by atoms with van der Waals surface area (Å²) >= 11 is 0. The number of carbonyl (C=O) groups excluding carboxylic acids is 1. The third-order valence-electron chi connectivity index (χ3n) is 6.59. The minimum Gasteiger partial charge on any atom is -0.457 e. The smallest absolute Gasteiger partial charge is 0.306 e. The number of hydrogen-bond acceptors (Lipinski definition) is 4. The van der Waals surface area contributed by atoms with Gasteiger partial charge in [-0.1, -0.05) is 122 Å². The van der Waals surface area contributed by atoms with E-state index in [0.717, 1.165) is 19.3 Å². The van der Waals surface area contributed by atoms with Crippen LogP contribution >= 0.6 is 0 Å². The van der Waals surface area contributed by atoms with Crippen molar-refractivity contribution >= 4 is 5.97 Å². The molecule has 1 unspecified atom stereocenters. The van der Waals surface area contributed by atoms with Gasteiger partial charge in [-0.15, -0.1) is 0 Å². The van der Waals surface area contributed by atoms with Crippen LogP contribution in [0.25, 0.3) is 0 Å². The third kappa shape index (κ3) is 27.6. The second-order valence-electron chi connectivity index (χ2n) is 10.2. The number of ether oxygens (including phenoxy) is 2. The van der Waals surface area contributed by atoms with Gasteiger partial charge in [0.2, 0.25) is 0 Å². The fraction of sp³-hybridized carbons (Fsp3) is 0.903. The minimum atomic E-state index is -0.527. The molecule has 0 rings (SSSR count). The fourth-order valence-corrected chi connectivity index (χ4v) is 4.26. The Labute approximate surface area is 218 Å². The van der Waals surface area contributed by atoms with Gasteiger partial charge in [0.1, 0.15) is 6.10 Å². The van der Waals surface area contributed by atoms with Crippen molar-refractivity contribution in [3.8, 4) is 0 Å². The number of carbonyl (C=O) groups is 1. The van der Waals surface area contributed by atoms with Crippen LogP contribution < -0.4 is 0 Å². The summed E-state index contributed by atoms with van der Waals surface area (Å²) < 4.78 is 11.0. The van der Waals surface area contributed by atoms with Crippen molar-refractivity contribution in [2.24, 2.45) is 0 Å². The SMILES string of the molecule is CCCCCC/C=C\CCCCCCCCOCC(CO)OC(=O)CCCCCCCCCCC. The lowest BCUT2D eigenvalue weighted by Crippen LogP contribution is -2.27. The van der Waals surface area contributed by atoms with Gasteiger partial charge in [-0.25, -0.2) is 0 Å². The van der Waals surface area contributed by atoms with Crippen LogP contribution in [0.5, 0.6) is 0 Å². The van der Waals surface area contributed by atoms with Crippen LogP contribution in [0.4, 0.5) is 0 Å². The quantitative estimate of drug-likeness (QED) is 0.0666. The van der Waals surface area contributed by atoms with Gasteiger partial charge in [-0.2, -0.15) is 0 Å². The van der Waals surface area contributed by atoms with Gasteiger partial charge >= 0.3 is 5.97 Å². The summed E-state index contributed by atoms with van der Waals surface area (Å²) in [4.78, 5) is 12.0. The first-order chi connectivity index (χ1) is 17.2. The monoisotopic (exact) mass is 496 g/mol. The van der Waals surface area contributed by atoms with Crippen LogP contribution in [0.2, 0.25) is 0 Å². The van der Waals surface area contributed by atoms with Gasteiger partial charge in [-0.3, -0.25) is 4.79 Å². The van der Waals surface area contributed by atoms with Crippen molar-refractivity contribution in [2.45, 2.75) is 161 Å². The lowest BCUT2D eigenvalue weighted by Gasteiger charge is -2.15. The molecule has 0 aromatic heterocycles. The van der Waals surface area contributed by atoms with E-state index in [1.807, 2.05) is 0 Å². The Morgan fingerprint density at radius 1 is 0.657 bits per heavy atom. The predicted octanol–water partition coefficient (Wildman–Crippen LogP) is 9.09. The van der Waals surface area contributed by atoms with Crippen LogP contribution in [0.1, 0.15) is 155 Å². The summed E-state index contributed by atoms with van der Waals surface area (Å²) in [6.45, 7) is 5.30. The lowest BCUT2D eigenvalue weighted by molar-refractivity contribution is -0.154. The van der Waals surface area contributed by atoms with Gasteiger partial charge in [0.25, 0.3) is 0 Å². The van der Waals surface area contributed by atoms with Crippen molar-refractivity contribution in [1.82, 2.24) is 0 Å². The average molecular weight is 497 g/mol. The van der Waals surface area contributed by atoms with Crippen molar-refractivity contribution in [3.05, 3.63) is 12.2 Å². The van der Waals surface area contributed by atoms with Gasteiger partial charge < -0.3 is 14.6 Å². The molecule has 4 nitrogen and oxygen atoms in total. The van der Waals surface area contributed by atoms with Gasteiger partial charge in [0.05, 0.1) is 13.2 Å². The van der Waals surface area contributed by atoms with E-state index in [1.165, 1.54) is 116 Å². The van der Waals surface area contributed by atoms with Crippen molar-refractivity contribution in [3.63, 3.8) is 0 Å². The molecule has 0 fully saturated rings. The Kier molecular flexibility index (Phi) is 28.6. The Morgan fingerprint density at radius 3 is 1.66 bits per heavy atom. The van der Waals surface area contributed by atoms with Crippen LogP contribution in [0, 0.1) is 0 Å². The zero-order chi connectivity index (χ0) is 25.7. The maximum atomic E-state index is 12.0. The number of aliphatic hydroxyl groups is 1. The number of esters is 1. The second-order valence-corrected chi connectivity index (χ2v) is 10.2. The second kappa shape index (κ2) is 29.4. The summed E-state index contributed by atoms with van der Waals surface area (Å²) in [5.74, 6) is -0.207. The Hall–Kier alpha value is -0.870. The molecular weight excluding hydrogens is 436 g/mol. The number of unbranched alkanes of at least 4 members (excludes halogenated alkanes) is 18. The molecule has 0 saturated carbocycles. The topological polar surface area (TPSA) is 55.8 Å². The first-order valence-corrected chi connectivity index (χ1v) is 15.3. The number of hydrogen-bond donors (Lipinski definition) is 1. The van der Waals surface area contributed by atoms with Crippen molar-refractivity contribution in [1.29, 1.82) is 0 Å². The largest absolute Gasteiger partial charge is 0.457 e. The Bertz CT molecular complexity index is 449. The summed E-state index contributed by atoms with van der Waals surface area (Å²) in [6, 6.07) is 0. The average Bonchev–Trinajstić information content (AvgIpc) is 2.86. The molecule has 0 bridgehead atoms. The van der Waals surface area contributed by atoms with E-state index in [0.29, 0.717) is 19.6 Å². The van der Waals surface area contributed by atoms with Crippen LogP contribution in [-0.4, -0.2) is 37.0 Å². The molecule has 0 spiro atoms. The van der Waals surface area contributed by atoms with E-state index in [9.17, 15) is 9.90 Å². The molecule has 35 heavy (non-hydrogen) atoms. The third-order valence-corrected chi connectivity index (χ3v) is 6.59. The normalized spacial score (nSPS) is 12.4. The minimum absolute atomic E-state index is 0.170. The van der Waals surface area contributed by atoms with Gasteiger partial charge in [-0.05, 0) is 38.5 Å². The van der Waals surface area contributed by atoms with Gasteiger partial charge in [0.15, 0.2) is 0 Å². The molecular formula is C31H60O4. The molecule has 1 N–H and O–H groups in total. The fourth-order valence-electron chi connectivity index (χ4n) is 4.26. The first-order valence-electron chi connectivity index (χ1n) is 15.3. The summed E-state index contributed by atoms with van der Waals surface area (Å²) in [7, 11) is 0. The summed E-state index contributed by atoms with van der Waals surface area (Å²) in [5.41, 5.74) is 0. The molecule has 0 aliphatic carbocycles. The molecule has 1 atom stereocenters. The molecule has 0 heterocycles. The number of rotatable bonds is 28. The highest BCUT2D eigenvalue weighted by molar-refractivity contribution is 5.69. The maximum Gasteiger partial charge on any atom is 0.306 e. The van der Waals surface area contributed by atoms with E-state index in [4.69, 9.17) is 9.47 Å². The molecule has 0 aliphatic rings. The van der Waals surface area contributed by atoms with E-state index >= 15 is 0 Å². The molecule has 0 aromatic rings. The maximum absolute atomic E-state index is 12.0. The number of allylic oxidation sites excluding steroid dienone is 2. The standard InChI is InChI=1S/C31H60O4/c1-3-5-7-9-11-13-14-15-16-17-19-21-23-25-27-34-29-30(28-32)35-31(33)26-24-22-20-18-12-10-8-6-4-2/h13-14,30,32H,3-12,15-29H2,1-2H3/b14-13-. The highest BCUT2D eigenvalue weighted by Crippen LogP contribution is 2.12. The molecule has 0 aliphatic heterocycles. The highest BCUT2D eigenvalue weighted by Gasteiger charge is 2.13. The molecule has 0 aromatic carbocycles. The zero-order valence-corrected chi connectivity index (χ0v) is 23.6. The molecule has 0 saturated heterocycles. The predicted molar refractivity (Wildman–Crippen MR) is 150 cm³/mol. The van der Waals surface area contributed by atoms with Crippen molar-refractivity contribution < 1.29 is 19.4 Å². The molecule has 4 heteroatoms. The highest BCUT2D eigenvalue weighted by atomic mass is 16.6. The van der Waals surface area contributed by atoms with E-state index in [2.05, 4.69) is 26.0 Å². The molecule has 0 radical (unpaired) electrons. The Morgan fingerprint density at radius 2 is 1.11 bits per heavy atom. The van der Waals surface area contributed by atoms with E-state index in [1.54, 1.807) is 0 Å². The first kappa shape index (κ1) is 34.1. The molecule has 0 amide bonds. The van der Waals surface area contributed by atoms with Crippen LogP contribution in [0.15, 0.2) is 12.2 Å². The zero-order valence-electron chi connectivity index (χ0n) is 23.6. The van der Waals surface area contributed by atoms with Gasteiger partial charge in [0, 0.05) is 13.0 Å². The van der Waals surface area contributed by atoms with E-state index in [-0.39, 0.29) is 12.6 Å². The molecule has 208 valence electrons. The lowest BCUT2D eigenvalue weighted by atomic mass is 10.1. The van der Waals surface area contributed by atoms with Crippen LogP contribution in [-0.2, 0) is 14.3 Å². The number of aliphatic hydroxyl groups excluding tert-OH is 1. The van der Waals surface area contributed by atoms with Crippen molar-refractivity contribution in [2.75, 3.05) is 19.8 Å².